The van der Waals surface area contributed by atoms with Gasteiger partial charge >= 0.3 is 5.97 Å². The number of hydrogen-bond acceptors (Lipinski definition) is 5. The van der Waals surface area contributed by atoms with Crippen molar-refractivity contribution in [2.45, 2.75) is 12.5 Å². The molecule has 0 saturated heterocycles. The molecule has 156 valence electrons. The zero-order valence-corrected chi connectivity index (χ0v) is 16.2. The van der Waals surface area contributed by atoms with Crippen LogP contribution in [0.4, 0.5) is 5.69 Å². The van der Waals surface area contributed by atoms with E-state index in [4.69, 9.17) is 0 Å². The summed E-state index contributed by atoms with van der Waals surface area (Å²) in [5.41, 5.74) is 1.34. The Morgan fingerprint density at radius 1 is 0.871 bits per heavy atom. The maximum Gasteiger partial charge on any atom is 0.326 e. The van der Waals surface area contributed by atoms with Crippen molar-refractivity contribution in [3.63, 3.8) is 0 Å². The Bertz CT molecular complexity index is 1130. The standard InChI is InChI=1S/C23H18N2O6/c26-21(16-5-2-1-3-6-16)17-11-9-15(10-12-17)13-20(23(28)29)24-22(27)18-7-4-8-19(14-18)25(30)31/h1-12,14,20H,13H2,(H,24,27)(H,28,29)/t20-/m0/s1. The summed E-state index contributed by atoms with van der Waals surface area (Å²) in [5.74, 6) is -2.13. The first kappa shape index (κ1) is 21.4. The van der Waals surface area contributed by atoms with Gasteiger partial charge in [-0.1, -0.05) is 60.7 Å². The normalized spacial score (nSPS) is 11.4. The van der Waals surface area contributed by atoms with Crippen molar-refractivity contribution >= 4 is 23.3 Å². The number of nitrogens with zero attached hydrogens (tertiary/aromatic N) is 1. The van der Waals surface area contributed by atoms with Crippen molar-refractivity contribution in [2.24, 2.45) is 0 Å². The van der Waals surface area contributed by atoms with Crippen LogP contribution in [0.5, 0.6) is 0 Å². The molecule has 8 nitrogen and oxygen atoms in total. The number of carbonyl (C=O) groups excluding carboxylic acids is 2. The van der Waals surface area contributed by atoms with Crippen molar-refractivity contribution in [1.29, 1.82) is 0 Å². The fourth-order valence-corrected chi connectivity index (χ4v) is 2.99. The lowest BCUT2D eigenvalue weighted by atomic mass is 9.99. The van der Waals surface area contributed by atoms with Gasteiger partial charge in [0.1, 0.15) is 6.04 Å². The number of rotatable bonds is 8. The van der Waals surface area contributed by atoms with E-state index >= 15 is 0 Å². The molecule has 3 rings (SSSR count). The molecule has 31 heavy (non-hydrogen) atoms. The first-order valence-corrected chi connectivity index (χ1v) is 9.32. The minimum Gasteiger partial charge on any atom is -0.480 e. The van der Waals surface area contributed by atoms with E-state index in [0.717, 1.165) is 6.07 Å². The molecule has 0 aliphatic carbocycles. The zero-order valence-electron chi connectivity index (χ0n) is 16.2. The molecule has 8 heteroatoms. The monoisotopic (exact) mass is 418 g/mol. The summed E-state index contributed by atoms with van der Waals surface area (Å²) in [4.78, 5) is 46.7. The average Bonchev–Trinajstić information content (AvgIpc) is 2.79. The first-order chi connectivity index (χ1) is 14.8. The Labute approximate surface area is 177 Å². The Morgan fingerprint density at radius 3 is 2.10 bits per heavy atom. The first-order valence-electron chi connectivity index (χ1n) is 9.32. The third kappa shape index (κ3) is 5.39. The second kappa shape index (κ2) is 9.45. The quantitative estimate of drug-likeness (QED) is 0.328. The van der Waals surface area contributed by atoms with Gasteiger partial charge in [-0.15, -0.1) is 0 Å². The van der Waals surface area contributed by atoms with Crippen molar-refractivity contribution in [3.05, 3.63) is 111 Å². The molecule has 3 aromatic rings. The van der Waals surface area contributed by atoms with Crippen LogP contribution in [-0.2, 0) is 11.2 Å². The van der Waals surface area contributed by atoms with Crippen LogP contribution in [0.3, 0.4) is 0 Å². The minimum atomic E-state index is -1.25. The number of benzene rings is 3. The van der Waals surface area contributed by atoms with Crippen molar-refractivity contribution in [3.8, 4) is 0 Å². The summed E-state index contributed by atoms with van der Waals surface area (Å²) >= 11 is 0. The smallest absolute Gasteiger partial charge is 0.326 e. The fraction of sp³-hybridized carbons (Fsp3) is 0.0870. The number of nitro benzene ring substituents is 1. The molecule has 0 aromatic heterocycles. The molecular formula is C23H18N2O6. The molecule has 0 aliphatic rings. The van der Waals surface area contributed by atoms with Gasteiger partial charge in [0.15, 0.2) is 5.78 Å². The number of hydrogen-bond donors (Lipinski definition) is 2. The van der Waals surface area contributed by atoms with Crippen LogP contribution in [0.15, 0.2) is 78.9 Å². The van der Waals surface area contributed by atoms with E-state index in [1.54, 1.807) is 48.5 Å². The number of non-ortho nitro benzene ring substituents is 1. The number of ketones is 1. The van der Waals surface area contributed by atoms with E-state index in [2.05, 4.69) is 5.32 Å². The molecule has 0 heterocycles. The lowest BCUT2D eigenvalue weighted by molar-refractivity contribution is -0.384. The molecule has 0 fully saturated rings. The molecule has 0 radical (unpaired) electrons. The molecule has 0 bridgehead atoms. The third-order valence-electron chi connectivity index (χ3n) is 4.61. The van der Waals surface area contributed by atoms with Gasteiger partial charge in [0.05, 0.1) is 4.92 Å². The summed E-state index contributed by atoms with van der Waals surface area (Å²) in [6, 6.07) is 19.0. The van der Waals surface area contributed by atoms with Crippen LogP contribution < -0.4 is 5.32 Å². The van der Waals surface area contributed by atoms with Crippen LogP contribution in [0.1, 0.15) is 31.8 Å². The highest BCUT2D eigenvalue weighted by Gasteiger charge is 2.22. The molecule has 1 amide bonds. The van der Waals surface area contributed by atoms with E-state index in [1.807, 2.05) is 6.07 Å². The number of carbonyl (C=O) groups is 3. The Balaban J connectivity index is 1.71. The average molecular weight is 418 g/mol. The van der Waals surface area contributed by atoms with Gasteiger partial charge in [-0.2, -0.15) is 0 Å². The molecular weight excluding hydrogens is 400 g/mol. The molecule has 0 spiro atoms. The SMILES string of the molecule is O=C(N[C@@H](Cc1ccc(C(=O)c2ccccc2)cc1)C(=O)O)c1cccc([N+](=O)[O-])c1. The Morgan fingerprint density at radius 2 is 1.48 bits per heavy atom. The minimum absolute atomic E-state index is 0.00995. The van der Waals surface area contributed by atoms with Gasteiger partial charge in [0.25, 0.3) is 11.6 Å². The number of aliphatic carboxylic acids is 1. The summed E-state index contributed by atoms with van der Waals surface area (Å²) in [7, 11) is 0. The maximum atomic E-state index is 12.5. The third-order valence-corrected chi connectivity index (χ3v) is 4.61. The molecule has 2 N–H and O–H groups in total. The van der Waals surface area contributed by atoms with Crippen LogP contribution in [-0.4, -0.2) is 33.7 Å². The Kier molecular flexibility index (Phi) is 6.51. The van der Waals surface area contributed by atoms with E-state index in [1.165, 1.54) is 18.2 Å². The van der Waals surface area contributed by atoms with Crippen molar-refractivity contribution < 1.29 is 24.4 Å². The molecule has 0 saturated carbocycles. The summed E-state index contributed by atoms with van der Waals surface area (Å²) in [5, 5.41) is 22.7. The predicted molar refractivity (Wildman–Crippen MR) is 112 cm³/mol. The van der Waals surface area contributed by atoms with Gasteiger partial charge in [-0.05, 0) is 11.6 Å². The molecule has 0 unspecified atom stereocenters. The van der Waals surface area contributed by atoms with Gasteiger partial charge in [0, 0.05) is 35.2 Å². The highest BCUT2D eigenvalue weighted by atomic mass is 16.6. The topological polar surface area (TPSA) is 127 Å². The van der Waals surface area contributed by atoms with Gasteiger partial charge in [-0.25, -0.2) is 4.79 Å². The van der Waals surface area contributed by atoms with Gasteiger partial charge in [-0.3, -0.25) is 19.7 Å². The fourth-order valence-electron chi connectivity index (χ4n) is 2.99. The van der Waals surface area contributed by atoms with E-state index in [0.29, 0.717) is 16.7 Å². The van der Waals surface area contributed by atoms with E-state index in [9.17, 15) is 29.6 Å². The molecule has 0 aliphatic heterocycles. The van der Waals surface area contributed by atoms with Crippen molar-refractivity contribution in [1.82, 2.24) is 5.32 Å². The largest absolute Gasteiger partial charge is 0.480 e. The Hall–Kier alpha value is -4.33. The second-order valence-electron chi connectivity index (χ2n) is 6.77. The van der Waals surface area contributed by atoms with Crippen LogP contribution in [0.25, 0.3) is 0 Å². The predicted octanol–water partition coefficient (Wildman–Crippen LogP) is 3.25. The number of amides is 1. The maximum absolute atomic E-state index is 12.5. The molecule has 1 atom stereocenters. The highest BCUT2D eigenvalue weighted by Crippen LogP contribution is 2.15. The number of carboxylic acid groups (broad SMARTS) is 1. The van der Waals surface area contributed by atoms with Crippen molar-refractivity contribution in [2.75, 3.05) is 0 Å². The van der Waals surface area contributed by atoms with E-state index in [-0.39, 0.29) is 23.5 Å². The summed E-state index contributed by atoms with van der Waals surface area (Å²) < 4.78 is 0. The lowest BCUT2D eigenvalue weighted by Gasteiger charge is -2.15. The number of carboxylic acids is 1. The van der Waals surface area contributed by atoms with Crippen LogP contribution >= 0.6 is 0 Å². The zero-order chi connectivity index (χ0) is 22.4. The van der Waals surface area contributed by atoms with Crippen LogP contribution in [0.2, 0.25) is 0 Å². The second-order valence-corrected chi connectivity index (χ2v) is 6.77. The molecule has 3 aromatic carbocycles. The summed E-state index contributed by atoms with van der Waals surface area (Å²) in [6.45, 7) is 0. The number of nitro groups is 1. The lowest BCUT2D eigenvalue weighted by Crippen LogP contribution is -2.42. The van der Waals surface area contributed by atoms with Gasteiger partial charge < -0.3 is 10.4 Å². The highest BCUT2D eigenvalue weighted by molar-refractivity contribution is 6.08. The van der Waals surface area contributed by atoms with E-state index < -0.39 is 22.8 Å². The van der Waals surface area contributed by atoms with Gasteiger partial charge in [0.2, 0.25) is 0 Å². The number of nitrogens with one attached hydrogen (secondary N) is 1. The van der Waals surface area contributed by atoms with Crippen LogP contribution in [0, 0.1) is 10.1 Å². The summed E-state index contributed by atoms with van der Waals surface area (Å²) in [6.07, 6.45) is -0.0180.